The zero-order valence-corrected chi connectivity index (χ0v) is 14.4. The standard InChI is InChI=1S/C20H20N2O3/c1-13(20(23)22-17-7-9-19(25-3)21-12-17)14-4-5-16-11-18(24-2)8-6-15(16)10-14/h4-13H,1-3H3,(H,22,23)/t13-/m0/s1. The van der Waals surface area contributed by atoms with Gasteiger partial charge in [0, 0.05) is 6.07 Å². The first-order chi connectivity index (χ1) is 12.1. The quantitative estimate of drug-likeness (QED) is 0.765. The Morgan fingerprint density at radius 3 is 2.44 bits per heavy atom. The minimum absolute atomic E-state index is 0.0835. The molecule has 0 saturated carbocycles. The maximum atomic E-state index is 12.5. The Kier molecular flexibility index (Phi) is 4.84. The second-order valence-electron chi connectivity index (χ2n) is 5.77. The molecule has 0 aliphatic carbocycles. The fourth-order valence-corrected chi connectivity index (χ4v) is 2.62. The monoisotopic (exact) mass is 336 g/mol. The van der Waals surface area contributed by atoms with Crippen molar-refractivity contribution in [2.45, 2.75) is 12.8 Å². The summed E-state index contributed by atoms with van der Waals surface area (Å²) < 4.78 is 10.3. The van der Waals surface area contributed by atoms with E-state index in [1.807, 2.05) is 43.3 Å². The van der Waals surface area contributed by atoms with Crippen LogP contribution in [0.25, 0.3) is 10.8 Å². The molecule has 2 aromatic carbocycles. The van der Waals surface area contributed by atoms with Crippen LogP contribution in [-0.2, 0) is 4.79 Å². The largest absolute Gasteiger partial charge is 0.497 e. The second-order valence-corrected chi connectivity index (χ2v) is 5.77. The topological polar surface area (TPSA) is 60.5 Å². The number of amides is 1. The van der Waals surface area contributed by atoms with Gasteiger partial charge in [-0.25, -0.2) is 4.98 Å². The summed E-state index contributed by atoms with van der Waals surface area (Å²) in [6.45, 7) is 1.89. The van der Waals surface area contributed by atoms with Crippen LogP contribution < -0.4 is 14.8 Å². The highest BCUT2D eigenvalue weighted by atomic mass is 16.5. The number of nitrogens with one attached hydrogen (secondary N) is 1. The van der Waals surface area contributed by atoms with Gasteiger partial charge in [0.05, 0.1) is 32.0 Å². The molecule has 0 aliphatic rings. The predicted molar refractivity (Wildman–Crippen MR) is 98.3 cm³/mol. The predicted octanol–water partition coefficient (Wildman–Crippen LogP) is 3.99. The number of hydrogen-bond donors (Lipinski definition) is 1. The number of anilines is 1. The zero-order chi connectivity index (χ0) is 17.8. The van der Waals surface area contributed by atoms with E-state index >= 15 is 0 Å². The van der Waals surface area contributed by atoms with E-state index in [4.69, 9.17) is 9.47 Å². The van der Waals surface area contributed by atoms with Crippen LogP contribution in [0.5, 0.6) is 11.6 Å². The normalized spacial score (nSPS) is 11.8. The number of carbonyl (C=O) groups is 1. The summed E-state index contributed by atoms with van der Waals surface area (Å²) >= 11 is 0. The third-order valence-electron chi connectivity index (χ3n) is 4.18. The van der Waals surface area contributed by atoms with Gasteiger partial charge in [0.2, 0.25) is 11.8 Å². The van der Waals surface area contributed by atoms with Gasteiger partial charge in [0.25, 0.3) is 0 Å². The number of ether oxygens (including phenoxy) is 2. The van der Waals surface area contributed by atoms with E-state index in [0.29, 0.717) is 11.6 Å². The van der Waals surface area contributed by atoms with Crippen LogP contribution in [0.2, 0.25) is 0 Å². The molecule has 5 nitrogen and oxygen atoms in total. The van der Waals surface area contributed by atoms with Gasteiger partial charge >= 0.3 is 0 Å². The molecule has 0 spiro atoms. The number of nitrogens with zero attached hydrogens (tertiary/aromatic N) is 1. The lowest BCUT2D eigenvalue weighted by Gasteiger charge is -2.14. The van der Waals surface area contributed by atoms with E-state index < -0.39 is 0 Å². The van der Waals surface area contributed by atoms with Crippen molar-refractivity contribution in [3.63, 3.8) is 0 Å². The third kappa shape index (κ3) is 3.71. The van der Waals surface area contributed by atoms with Gasteiger partial charge in [-0.3, -0.25) is 4.79 Å². The van der Waals surface area contributed by atoms with Gasteiger partial charge in [-0.15, -0.1) is 0 Å². The molecule has 0 bridgehead atoms. The average Bonchev–Trinajstić information content (AvgIpc) is 2.67. The van der Waals surface area contributed by atoms with Crippen molar-refractivity contribution in [1.82, 2.24) is 4.98 Å². The van der Waals surface area contributed by atoms with E-state index in [-0.39, 0.29) is 11.8 Å². The summed E-state index contributed by atoms with van der Waals surface area (Å²) in [6, 6.07) is 15.4. The van der Waals surface area contributed by atoms with E-state index in [1.165, 1.54) is 0 Å². The molecule has 0 saturated heterocycles. The van der Waals surface area contributed by atoms with E-state index in [9.17, 15) is 4.79 Å². The highest BCUT2D eigenvalue weighted by Crippen LogP contribution is 2.26. The molecule has 1 amide bonds. The molecule has 3 aromatic rings. The molecule has 128 valence electrons. The molecular weight excluding hydrogens is 316 g/mol. The zero-order valence-electron chi connectivity index (χ0n) is 14.4. The Morgan fingerprint density at radius 1 is 1.00 bits per heavy atom. The first-order valence-electron chi connectivity index (χ1n) is 7.99. The summed E-state index contributed by atoms with van der Waals surface area (Å²) in [5.41, 5.74) is 1.60. The molecule has 0 aliphatic heterocycles. The van der Waals surface area contributed by atoms with Gasteiger partial charge in [-0.1, -0.05) is 24.3 Å². The maximum Gasteiger partial charge on any atom is 0.231 e. The number of carbonyl (C=O) groups excluding carboxylic acids is 1. The number of benzene rings is 2. The summed E-state index contributed by atoms with van der Waals surface area (Å²) in [5, 5.41) is 5.03. The maximum absolute atomic E-state index is 12.5. The highest BCUT2D eigenvalue weighted by Gasteiger charge is 2.16. The molecule has 1 atom stereocenters. The number of methoxy groups -OCH3 is 2. The fraction of sp³-hybridized carbons (Fsp3) is 0.200. The van der Waals surface area contributed by atoms with Crippen LogP contribution in [0.4, 0.5) is 5.69 Å². The van der Waals surface area contributed by atoms with Crippen LogP contribution in [0, 0.1) is 0 Å². The smallest absolute Gasteiger partial charge is 0.231 e. The van der Waals surface area contributed by atoms with E-state index in [0.717, 1.165) is 22.1 Å². The van der Waals surface area contributed by atoms with Crippen molar-refractivity contribution in [3.8, 4) is 11.6 Å². The highest BCUT2D eigenvalue weighted by molar-refractivity contribution is 5.96. The Hall–Kier alpha value is -3.08. The average molecular weight is 336 g/mol. The van der Waals surface area contributed by atoms with Gasteiger partial charge in [-0.2, -0.15) is 0 Å². The number of aromatic nitrogens is 1. The van der Waals surface area contributed by atoms with Crippen molar-refractivity contribution in [1.29, 1.82) is 0 Å². The molecule has 1 aromatic heterocycles. The molecule has 1 N–H and O–H groups in total. The van der Waals surface area contributed by atoms with Gasteiger partial charge in [-0.05, 0) is 41.5 Å². The summed E-state index contributed by atoms with van der Waals surface area (Å²) in [4.78, 5) is 16.6. The Balaban J connectivity index is 1.77. The van der Waals surface area contributed by atoms with Crippen LogP contribution in [0.15, 0.2) is 54.7 Å². The second kappa shape index (κ2) is 7.21. The van der Waals surface area contributed by atoms with Crippen molar-refractivity contribution in [2.24, 2.45) is 0 Å². The Bertz CT molecular complexity index is 891. The molecule has 0 unspecified atom stereocenters. The van der Waals surface area contributed by atoms with Crippen molar-refractivity contribution in [3.05, 3.63) is 60.3 Å². The third-order valence-corrected chi connectivity index (χ3v) is 4.18. The van der Waals surface area contributed by atoms with E-state index in [2.05, 4.69) is 10.3 Å². The summed E-state index contributed by atoms with van der Waals surface area (Å²) in [6.07, 6.45) is 1.58. The van der Waals surface area contributed by atoms with Crippen molar-refractivity contribution < 1.29 is 14.3 Å². The molecule has 25 heavy (non-hydrogen) atoms. The van der Waals surface area contributed by atoms with Crippen LogP contribution in [0.1, 0.15) is 18.4 Å². The molecular formula is C20H20N2O3. The summed E-state index contributed by atoms with van der Waals surface area (Å²) in [7, 11) is 3.20. The minimum Gasteiger partial charge on any atom is -0.497 e. The minimum atomic E-state index is -0.284. The number of pyridine rings is 1. The molecule has 0 radical (unpaired) electrons. The van der Waals surface area contributed by atoms with Gasteiger partial charge in [0.1, 0.15) is 5.75 Å². The summed E-state index contributed by atoms with van der Waals surface area (Å²) in [5.74, 6) is 0.961. The Labute approximate surface area is 146 Å². The lowest BCUT2D eigenvalue weighted by molar-refractivity contribution is -0.117. The first-order valence-corrected chi connectivity index (χ1v) is 7.99. The molecule has 1 heterocycles. The van der Waals surface area contributed by atoms with Crippen LogP contribution >= 0.6 is 0 Å². The molecule has 3 rings (SSSR count). The van der Waals surface area contributed by atoms with Crippen molar-refractivity contribution in [2.75, 3.05) is 19.5 Å². The molecule has 0 fully saturated rings. The lowest BCUT2D eigenvalue weighted by atomic mass is 9.97. The fourth-order valence-electron chi connectivity index (χ4n) is 2.62. The number of hydrogen-bond acceptors (Lipinski definition) is 4. The van der Waals surface area contributed by atoms with Crippen molar-refractivity contribution >= 4 is 22.4 Å². The molecule has 5 heteroatoms. The van der Waals surface area contributed by atoms with Gasteiger partial charge in [0.15, 0.2) is 0 Å². The lowest BCUT2D eigenvalue weighted by Crippen LogP contribution is -2.18. The SMILES string of the molecule is COc1ccc2cc([C@H](C)C(=O)Nc3ccc(OC)nc3)ccc2c1. The van der Waals surface area contributed by atoms with Crippen LogP contribution in [-0.4, -0.2) is 25.1 Å². The van der Waals surface area contributed by atoms with E-state index in [1.54, 1.807) is 32.5 Å². The van der Waals surface area contributed by atoms with Gasteiger partial charge < -0.3 is 14.8 Å². The number of rotatable bonds is 5. The number of fused-ring (bicyclic) bond motifs is 1. The Morgan fingerprint density at radius 2 is 1.76 bits per heavy atom. The van der Waals surface area contributed by atoms with Crippen LogP contribution in [0.3, 0.4) is 0 Å². The first kappa shape index (κ1) is 16.8.